The quantitative estimate of drug-likeness (QED) is 0.170. The van der Waals surface area contributed by atoms with Crippen molar-refractivity contribution in [2.75, 3.05) is 0 Å². The van der Waals surface area contributed by atoms with E-state index >= 15 is 0 Å². The van der Waals surface area contributed by atoms with Crippen molar-refractivity contribution in [2.45, 2.75) is 10.8 Å². The monoisotopic (exact) mass is 736 g/mol. The van der Waals surface area contributed by atoms with Gasteiger partial charge in [-0.05, 0) is 80.9 Å². The molecule has 0 unspecified atom stereocenters. The molecule has 9 aromatic carbocycles. The second-order valence-corrected chi connectivity index (χ2v) is 15.9. The molecule has 0 aliphatic heterocycles. The highest BCUT2D eigenvalue weighted by Gasteiger charge is 2.61. The van der Waals surface area contributed by atoms with Crippen LogP contribution in [0.15, 0.2) is 218 Å². The molecule has 0 saturated carbocycles. The van der Waals surface area contributed by atoms with Crippen LogP contribution in [0.25, 0.3) is 55.0 Å². The first-order chi connectivity index (χ1) is 28.8. The Labute approximate surface area is 336 Å². The number of rotatable bonds is 4. The number of hydrogen-bond donors (Lipinski definition) is 0. The molecular weight excluding hydrogens is 701 g/mol. The van der Waals surface area contributed by atoms with Crippen molar-refractivity contribution >= 4 is 43.6 Å². The van der Waals surface area contributed by atoms with Crippen LogP contribution in [0.4, 0.5) is 0 Å². The molecule has 0 amide bonds. The fourth-order valence-corrected chi connectivity index (χ4v) is 11.5. The molecule has 2 heterocycles. The maximum atomic E-state index is 2.51. The van der Waals surface area contributed by atoms with Crippen LogP contribution >= 0.6 is 0 Å². The van der Waals surface area contributed by atoms with E-state index in [-0.39, 0.29) is 0 Å². The Morgan fingerprint density at radius 2 is 0.414 bits per heavy atom. The number of aromatic nitrogens is 2. The predicted octanol–water partition coefficient (Wildman–Crippen LogP) is 13.3. The zero-order valence-electron chi connectivity index (χ0n) is 31.7. The first-order valence-corrected chi connectivity index (χ1v) is 20.3. The Hall–Kier alpha value is -7.42. The normalized spacial score (nSPS) is 17.8. The van der Waals surface area contributed by atoms with Gasteiger partial charge in [0.2, 0.25) is 0 Å². The maximum absolute atomic E-state index is 2.51. The van der Waals surface area contributed by atoms with Gasteiger partial charge in [-0.2, -0.15) is 0 Å². The zero-order valence-corrected chi connectivity index (χ0v) is 31.7. The second-order valence-electron chi connectivity index (χ2n) is 15.9. The lowest BCUT2D eigenvalue weighted by Crippen LogP contribution is -2.52. The molecule has 270 valence electrons. The molecule has 11 aromatic rings. The molecule has 3 aliphatic carbocycles. The molecule has 2 aromatic heterocycles. The first kappa shape index (κ1) is 31.7. The van der Waals surface area contributed by atoms with Gasteiger partial charge < -0.3 is 9.13 Å². The molecule has 0 atom stereocenters. The fraction of sp³-hybridized carbons (Fsp3) is 0.0357. The lowest BCUT2D eigenvalue weighted by Gasteiger charge is -2.57. The number of fused-ring (bicyclic) bond motifs is 6. The maximum Gasteiger partial charge on any atom is 0.0731 e. The highest BCUT2D eigenvalue weighted by atomic mass is 15.0. The lowest BCUT2D eigenvalue weighted by atomic mass is 9.44. The Morgan fingerprint density at radius 3 is 0.690 bits per heavy atom. The molecule has 0 spiro atoms. The number of hydrogen-bond acceptors (Lipinski definition) is 0. The summed E-state index contributed by atoms with van der Waals surface area (Å²) >= 11 is 0. The van der Waals surface area contributed by atoms with Gasteiger partial charge in [0.15, 0.2) is 0 Å². The van der Waals surface area contributed by atoms with Crippen molar-refractivity contribution < 1.29 is 0 Å². The third-order valence-electron chi connectivity index (χ3n) is 13.5. The minimum atomic E-state index is -0.601. The van der Waals surface area contributed by atoms with Crippen molar-refractivity contribution in [3.8, 4) is 11.4 Å². The van der Waals surface area contributed by atoms with Crippen molar-refractivity contribution in [2.24, 2.45) is 0 Å². The van der Waals surface area contributed by atoms with Crippen molar-refractivity contribution in [1.29, 1.82) is 0 Å². The number of nitrogens with zero attached hydrogens (tertiary/aromatic N) is 2. The summed E-state index contributed by atoms with van der Waals surface area (Å²) in [6.45, 7) is 0. The third kappa shape index (κ3) is 3.74. The summed E-state index contributed by atoms with van der Waals surface area (Å²) in [5.74, 6) is 0. The minimum absolute atomic E-state index is 0.601. The highest BCUT2D eigenvalue weighted by molar-refractivity contribution is 6.10. The van der Waals surface area contributed by atoms with Gasteiger partial charge in [-0.15, -0.1) is 0 Å². The van der Waals surface area contributed by atoms with Gasteiger partial charge in [0.1, 0.15) is 0 Å². The number of para-hydroxylation sites is 6. The zero-order chi connectivity index (χ0) is 38.0. The molecule has 0 N–H and O–H groups in total. The topological polar surface area (TPSA) is 9.86 Å². The van der Waals surface area contributed by atoms with E-state index in [0.29, 0.717) is 0 Å². The van der Waals surface area contributed by atoms with E-state index in [9.17, 15) is 0 Å². The van der Waals surface area contributed by atoms with Gasteiger partial charge in [0.05, 0.1) is 44.3 Å². The van der Waals surface area contributed by atoms with Gasteiger partial charge >= 0.3 is 0 Å². The van der Waals surface area contributed by atoms with E-state index in [2.05, 4.69) is 228 Å². The van der Waals surface area contributed by atoms with Crippen molar-refractivity contribution in [3.63, 3.8) is 0 Å². The summed E-state index contributed by atoms with van der Waals surface area (Å²) < 4.78 is 5.02. The smallest absolute Gasteiger partial charge is 0.0731 e. The van der Waals surface area contributed by atoms with E-state index in [0.717, 1.165) is 0 Å². The van der Waals surface area contributed by atoms with Crippen LogP contribution < -0.4 is 0 Å². The molecular formula is C56H36N2. The van der Waals surface area contributed by atoms with Crippen LogP contribution in [0.3, 0.4) is 0 Å². The molecule has 14 rings (SSSR count). The van der Waals surface area contributed by atoms with Gasteiger partial charge in [-0.3, -0.25) is 0 Å². The van der Waals surface area contributed by atoms with E-state index in [1.165, 1.54) is 99.5 Å². The van der Waals surface area contributed by atoms with Gasteiger partial charge in [0, 0.05) is 21.5 Å². The molecule has 3 aliphatic rings. The second kappa shape index (κ2) is 11.6. The summed E-state index contributed by atoms with van der Waals surface area (Å²) in [6, 6.07) is 81.9. The molecule has 2 nitrogen and oxygen atoms in total. The van der Waals surface area contributed by atoms with Crippen LogP contribution in [-0.4, -0.2) is 9.13 Å². The van der Waals surface area contributed by atoms with Crippen LogP contribution in [0.5, 0.6) is 0 Å². The Kier molecular flexibility index (Phi) is 6.33. The van der Waals surface area contributed by atoms with E-state index in [1.807, 2.05) is 0 Å². The SMILES string of the molecule is c1ccc(C23c4ccccc4C(c4ccccc4-n4c5ccccc5c5ccccc54)(c4ccccc42)c2ccccc23)c(-n2c3ccccc3c3ccccc32)c1. The van der Waals surface area contributed by atoms with E-state index in [4.69, 9.17) is 0 Å². The van der Waals surface area contributed by atoms with Crippen LogP contribution in [0, 0.1) is 0 Å². The van der Waals surface area contributed by atoms with E-state index < -0.39 is 10.8 Å². The lowest BCUT2D eigenvalue weighted by molar-refractivity contribution is 0.555. The number of benzene rings is 9. The fourth-order valence-electron chi connectivity index (χ4n) is 11.5. The molecule has 58 heavy (non-hydrogen) atoms. The Morgan fingerprint density at radius 1 is 0.207 bits per heavy atom. The van der Waals surface area contributed by atoms with Crippen LogP contribution in [0.2, 0.25) is 0 Å². The molecule has 0 saturated heterocycles. The Balaban J connectivity index is 1.19. The summed E-state index contributed by atoms with van der Waals surface area (Å²) in [5.41, 5.74) is 16.6. The third-order valence-corrected chi connectivity index (χ3v) is 13.5. The Bertz CT molecular complexity index is 3030. The first-order valence-electron chi connectivity index (χ1n) is 20.3. The molecule has 2 heteroatoms. The minimum Gasteiger partial charge on any atom is -0.309 e. The standard InChI is InChI=1S/C56H36N2/c1-13-31-49-37(19-1)38-20-2-14-32-50(38)57(49)53-35-17-11-29-47(53)55-41-23-5-8-26-44(41)56(45-27-9-6-24-42(45)55,46-28-10-7-25-43(46)55)48-30-12-18-36-54(48)58-51-33-15-3-21-39(51)40-22-4-16-34-52(40)58/h1-36H. The van der Waals surface area contributed by atoms with Crippen molar-refractivity contribution in [1.82, 2.24) is 9.13 Å². The van der Waals surface area contributed by atoms with Crippen LogP contribution in [0.1, 0.15) is 44.5 Å². The summed E-state index contributed by atoms with van der Waals surface area (Å²) in [5, 5.41) is 5.05. The summed E-state index contributed by atoms with van der Waals surface area (Å²) in [6.07, 6.45) is 0. The van der Waals surface area contributed by atoms with Gasteiger partial charge in [-0.25, -0.2) is 0 Å². The van der Waals surface area contributed by atoms with Gasteiger partial charge in [-0.1, -0.05) is 182 Å². The summed E-state index contributed by atoms with van der Waals surface area (Å²) in [4.78, 5) is 0. The largest absolute Gasteiger partial charge is 0.309 e. The highest BCUT2D eigenvalue weighted by Crippen LogP contribution is 2.67. The predicted molar refractivity (Wildman–Crippen MR) is 239 cm³/mol. The van der Waals surface area contributed by atoms with Crippen molar-refractivity contribution in [3.05, 3.63) is 263 Å². The molecule has 2 bridgehead atoms. The summed E-state index contributed by atoms with van der Waals surface area (Å²) in [7, 11) is 0. The average Bonchev–Trinajstić information content (AvgIpc) is 3.82. The van der Waals surface area contributed by atoms with E-state index in [1.54, 1.807) is 0 Å². The molecule has 0 fully saturated rings. The van der Waals surface area contributed by atoms with Crippen LogP contribution in [-0.2, 0) is 10.8 Å². The average molecular weight is 737 g/mol. The van der Waals surface area contributed by atoms with Gasteiger partial charge in [0.25, 0.3) is 0 Å². The molecule has 0 radical (unpaired) electrons.